The van der Waals surface area contributed by atoms with Crippen LogP contribution in [0, 0.1) is 5.82 Å². The molecule has 2 atom stereocenters. The van der Waals surface area contributed by atoms with E-state index in [1.54, 1.807) is 0 Å². The summed E-state index contributed by atoms with van der Waals surface area (Å²) in [5, 5.41) is 9.27. The minimum absolute atomic E-state index is 0.0656. The van der Waals surface area contributed by atoms with Crippen molar-refractivity contribution in [3.8, 4) is 0 Å². The van der Waals surface area contributed by atoms with Crippen molar-refractivity contribution in [2.45, 2.75) is 12.3 Å². The molecule has 0 aliphatic heterocycles. The van der Waals surface area contributed by atoms with Crippen molar-refractivity contribution in [2.24, 2.45) is 5.73 Å². The van der Waals surface area contributed by atoms with Gasteiger partial charge < -0.3 is 10.8 Å². The highest BCUT2D eigenvalue weighted by atomic mass is 35.5. The molecule has 14 heavy (non-hydrogen) atoms. The summed E-state index contributed by atoms with van der Waals surface area (Å²) < 4.78 is 25.8. The van der Waals surface area contributed by atoms with Crippen molar-refractivity contribution in [1.82, 2.24) is 0 Å². The minimum atomic E-state index is -1.60. The molecule has 2 unspecified atom stereocenters. The van der Waals surface area contributed by atoms with Crippen LogP contribution in [0.4, 0.5) is 8.78 Å². The summed E-state index contributed by atoms with van der Waals surface area (Å²) in [6.07, 6.45) is -3.01. The molecule has 1 aromatic carbocycles. The Morgan fingerprint density at radius 2 is 2.14 bits per heavy atom. The van der Waals surface area contributed by atoms with Gasteiger partial charge in [0, 0.05) is 6.54 Å². The van der Waals surface area contributed by atoms with Gasteiger partial charge in [-0.3, -0.25) is 0 Å². The molecule has 0 spiro atoms. The van der Waals surface area contributed by atoms with E-state index in [-0.39, 0.29) is 17.1 Å². The van der Waals surface area contributed by atoms with Crippen LogP contribution in [0.15, 0.2) is 18.2 Å². The van der Waals surface area contributed by atoms with Crippen molar-refractivity contribution in [2.75, 3.05) is 6.54 Å². The molecule has 0 aromatic heterocycles. The van der Waals surface area contributed by atoms with Gasteiger partial charge in [-0.25, -0.2) is 8.78 Å². The van der Waals surface area contributed by atoms with Gasteiger partial charge in [-0.15, -0.1) is 0 Å². The van der Waals surface area contributed by atoms with E-state index in [9.17, 15) is 13.9 Å². The summed E-state index contributed by atoms with van der Waals surface area (Å²) in [4.78, 5) is 0. The molecule has 0 heterocycles. The monoisotopic (exact) mass is 221 g/mol. The first-order chi connectivity index (χ1) is 6.56. The van der Waals surface area contributed by atoms with Crippen molar-refractivity contribution >= 4 is 11.6 Å². The number of hydrogen-bond donors (Lipinski definition) is 2. The van der Waals surface area contributed by atoms with Crippen LogP contribution in [0.25, 0.3) is 0 Å². The zero-order valence-corrected chi connectivity index (χ0v) is 8.01. The Hall–Kier alpha value is -0.710. The van der Waals surface area contributed by atoms with E-state index in [1.165, 1.54) is 12.1 Å². The molecule has 5 heteroatoms. The molecule has 2 nitrogen and oxygen atoms in total. The lowest BCUT2D eigenvalue weighted by atomic mass is 10.1. The molecule has 0 aliphatic carbocycles. The fourth-order valence-corrected chi connectivity index (χ4v) is 1.15. The number of benzene rings is 1. The first-order valence-electron chi connectivity index (χ1n) is 4.03. The average molecular weight is 222 g/mol. The summed E-state index contributed by atoms with van der Waals surface area (Å²) in [7, 11) is 0. The Balaban J connectivity index is 2.91. The highest BCUT2D eigenvalue weighted by Gasteiger charge is 2.19. The van der Waals surface area contributed by atoms with E-state index in [1.807, 2.05) is 0 Å². The second-order valence-corrected chi connectivity index (χ2v) is 3.28. The zero-order valence-electron chi connectivity index (χ0n) is 7.25. The van der Waals surface area contributed by atoms with Crippen LogP contribution >= 0.6 is 11.6 Å². The lowest BCUT2D eigenvalue weighted by Gasteiger charge is -2.14. The molecule has 0 saturated carbocycles. The predicted octanol–water partition coefficient (Wildman–Crippen LogP) is 1.81. The van der Waals surface area contributed by atoms with E-state index >= 15 is 0 Å². The molecule has 0 aliphatic rings. The number of rotatable bonds is 3. The molecule has 0 fully saturated rings. The molecule has 0 radical (unpaired) electrons. The largest absolute Gasteiger partial charge is 0.385 e. The summed E-state index contributed by atoms with van der Waals surface area (Å²) in [5.74, 6) is -0.688. The van der Waals surface area contributed by atoms with Crippen LogP contribution in [-0.4, -0.2) is 17.8 Å². The summed E-state index contributed by atoms with van der Waals surface area (Å²) in [6, 6.07) is 3.62. The lowest BCUT2D eigenvalue weighted by Crippen LogP contribution is -2.23. The Bertz CT molecular complexity index is 322. The minimum Gasteiger partial charge on any atom is -0.385 e. The molecule has 78 valence electrons. The van der Waals surface area contributed by atoms with Gasteiger partial charge in [0.15, 0.2) is 0 Å². The molecule has 0 amide bonds. The van der Waals surface area contributed by atoms with Crippen molar-refractivity contribution in [3.63, 3.8) is 0 Å². The van der Waals surface area contributed by atoms with Gasteiger partial charge in [-0.1, -0.05) is 17.7 Å². The van der Waals surface area contributed by atoms with Crippen LogP contribution in [0.2, 0.25) is 5.02 Å². The molecule has 1 rings (SSSR count). The van der Waals surface area contributed by atoms with Crippen molar-refractivity contribution in [1.29, 1.82) is 0 Å². The Labute approximate surface area is 85.3 Å². The molecule has 3 N–H and O–H groups in total. The highest BCUT2D eigenvalue weighted by molar-refractivity contribution is 6.30. The maximum atomic E-state index is 12.9. The molecule has 0 bridgehead atoms. The van der Waals surface area contributed by atoms with Crippen LogP contribution < -0.4 is 5.73 Å². The fourth-order valence-electron chi connectivity index (χ4n) is 1.03. The number of aliphatic hydroxyl groups excluding tert-OH is 1. The highest BCUT2D eigenvalue weighted by Crippen LogP contribution is 2.23. The van der Waals surface area contributed by atoms with Crippen molar-refractivity contribution < 1.29 is 13.9 Å². The van der Waals surface area contributed by atoms with Crippen LogP contribution in [0.1, 0.15) is 11.7 Å². The fraction of sp³-hybridized carbons (Fsp3) is 0.333. The van der Waals surface area contributed by atoms with Gasteiger partial charge in [-0.2, -0.15) is 0 Å². The number of halogens is 3. The topological polar surface area (TPSA) is 46.2 Å². The SMILES string of the molecule is NCC(F)C(O)c1ccc(Cl)c(F)c1. The molecular formula is C9H10ClF2NO. The number of aliphatic hydroxyl groups is 1. The van der Waals surface area contributed by atoms with Gasteiger partial charge in [-0.05, 0) is 17.7 Å². The Morgan fingerprint density at radius 1 is 1.50 bits per heavy atom. The van der Waals surface area contributed by atoms with Gasteiger partial charge in [0.25, 0.3) is 0 Å². The number of hydrogen-bond acceptors (Lipinski definition) is 2. The van der Waals surface area contributed by atoms with Gasteiger partial charge in [0.1, 0.15) is 18.1 Å². The third-order valence-electron chi connectivity index (χ3n) is 1.85. The van der Waals surface area contributed by atoms with Crippen LogP contribution in [-0.2, 0) is 0 Å². The third-order valence-corrected chi connectivity index (χ3v) is 2.16. The first-order valence-corrected chi connectivity index (χ1v) is 4.41. The first kappa shape index (κ1) is 11.4. The summed E-state index contributed by atoms with van der Waals surface area (Å²) >= 11 is 5.42. The van der Waals surface area contributed by atoms with Gasteiger partial charge >= 0.3 is 0 Å². The molecule has 1 aromatic rings. The smallest absolute Gasteiger partial charge is 0.142 e. The van der Waals surface area contributed by atoms with Gasteiger partial charge in [0.05, 0.1) is 5.02 Å². The Kier molecular flexibility index (Phi) is 3.80. The average Bonchev–Trinajstić information content (AvgIpc) is 2.20. The second-order valence-electron chi connectivity index (χ2n) is 2.87. The van der Waals surface area contributed by atoms with E-state index in [4.69, 9.17) is 17.3 Å². The van der Waals surface area contributed by atoms with Crippen LogP contribution in [0.3, 0.4) is 0 Å². The third kappa shape index (κ3) is 2.41. The van der Waals surface area contributed by atoms with Gasteiger partial charge in [0.2, 0.25) is 0 Å². The number of nitrogens with two attached hydrogens (primary N) is 1. The predicted molar refractivity (Wildman–Crippen MR) is 50.3 cm³/mol. The molecular weight excluding hydrogens is 212 g/mol. The van der Waals surface area contributed by atoms with E-state index in [0.29, 0.717) is 0 Å². The maximum absolute atomic E-state index is 12.9. The Morgan fingerprint density at radius 3 is 2.64 bits per heavy atom. The quantitative estimate of drug-likeness (QED) is 0.818. The zero-order chi connectivity index (χ0) is 10.7. The van der Waals surface area contributed by atoms with E-state index < -0.39 is 18.1 Å². The number of alkyl halides is 1. The van der Waals surface area contributed by atoms with E-state index in [2.05, 4.69) is 0 Å². The van der Waals surface area contributed by atoms with Crippen molar-refractivity contribution in [3.05, 3.63) is 34.6 Å². The lowest BCUT2D eigenvalue weighted by molar-refractivity contribution is 0.0822. The summed E-state index contributed by atoms with van der Waals surface area (Å²) in [5.41, 5.74) is 5.15. The maximum Gasteiger partial charge on any atom is 0.142 e. The molecule has 0 saturated heterocycles. The summed E-state index contributed by atoms with van der Waals surface area (Å²) in [6.45, 7) is -0.314. The normalized spacial score (nSPS) is 15.2. The van der Waals surface area contributed by atoms with E-state index in [0.717, 1.165) is 6.07 Å². The standard InChI is InChI=1S/C9H10ClF2NO/c10-6-2-1-5(3-7(6)11)9(14)8(12)4-13/h1-3,8-9,14H,4,13H2. The van der Waals surface area contributed by atoms with Crippen LogP contribution in [0.5, 0.6) is 0 Å². The second kappa shape index (κ2) is 4.68.